The summed E-state index contributed by atoms with van der Waals surface area (Å²) in [4.78, 5) is 16.5. The molecule has 1 aromatic heterocycles. The molecule has 1 heterocycles. The average molecular weight is 253 g/mol. The normalized spacial score (nSPS) is 10.4. The largest absolute Gasteiger partial charge is 0.294 e. The van der Waals surface area contributed by atoms with Crippen molar-refractivity contribution in [2.24, 2.45) is 0 Å². The number of carbonyl (C=O) groups excluding carboxylic acids is 1. The van der Waals surface area contributed by atoms with Gasteiger partial charge in [0.25, 0.3) is 0 Å². The average Bonchev–Trinajstić information content (AvgIpc) is 2.44. The Morgan fingerprint density at radius 1 is 1.11 bits per heavy atom. The van der Waals surface area contributed by atoms with E-state index in [4.69, 9.17) is 0 Å². The van der Waals surface area contributed by atoms with Gasteiger partial charge in [-0.25, -0.2) is 0 Å². The van der Waals surface area contributed by atoms with Gasteiger partial charge in [0.05, 0.1) is 11.9 Å². The number of allylic oxidation sites excluding steroid dienone is 2. The van der Waals surface area contributed by atoms with Gasteiger partial charge in [-0.3, -0.25) is 9.78 Å². The number of rotatable bonds is 5. The van der Waals surface area contributed by atoms with E-state index in [0.29, 0.717) is 6.42 Å². The number of pyridine rings is 1. The van der Waals surface area contributed by atoms with E-state index in [1.54, 1.807) is 6.08 Å². The van der Waals surface area contributed by atoms with Gasteiger partial charge in [-0.1, -0.05) is 43.7 Å². The van der Waals surface area contributed by atoms with Crippen LogP contribution in [0.15, 0.2) is 48.0 Å². The first-order valence-corrected chi connectivity index (χ1v) is 6.80. The lowest BCUT2D eigenvalue weighted by Crippen LogP contribution is -2.02. The van der Waals surface area contributed by atoms with Crippen LogP contribution in [-0.4, -0.2) is 10.8 Å². The van der Waals surface area contributed by atoms with Crippen molar-refractivity contribution >= 4 is 16.7 Å². The molecule has 0 amide bonds. The van der Waals surface area contributed by atoms with Crippen molar-refractivity contribution in [1.29, 1.82) is 0 Å². The SMILES string of the molecule is CCC(=CC(=O)Cc1ccc2ccccc2n1)CC. The predicted octanol–water partition coefficient (Wildman–Crippen LogP) is 4.09. The van der Waals surface area contributed by atoms with Crippen molar-refractivity contribution in [3.8, 4) is 0 Å². The van der Waals surface area contributed by atoms with Gasteiger partial charge in [-0.2, -0.15) is 0 Å². The molecule has 2 heteroatoms. The summed E-state index contributed by atoms with van der Waals surface area (Å²) in [6.07, 6.45) is 4.03. The van der Waals surface area contributed by atoms with Crippen molar-refractivity contribution in [2.75, 3.05) is 0 Å². The maximum Gasteiger partial charge on any atom is 0.161 e. The second kappa shape index (κ2) is 6.28. The molecular formula is C17H19NO. The molecule has 0 saturated heterocycles. The Kier molecular flexibility index (Phi) is 4.45. The minimum absolute atomic E-state index is 0.140. The minimum atomic E-state index is 0.140. The monoisotopic (exact) mass is 253 g/mol. The van der Waals surface area contributed by atoms with Crippen LogP contribution in [0.3, 0.4) is 0 Å². The summed E-state index contributed by atoms with van der Waals surface area (Å²) in [6.45, 7) is 4.16. The minimum Gasteiger partial charge on any atom is -0.294 e. The second-order valence-electron chi connectivity index (χ2n) is 4.65. The van der Waals surface area contributed by atoms with E-state index in [1.165, 1.54) is 5.57 Å². The Balaban J connectivity index is 2.17. The standard InChI is InChI=1S/C17H19NO/c1-3-13(4-2)11-16(19)12-15-10-9-14-7-5-6-8-17(14)18-15/h5-11H,3-4,12H2,1-2H3. The maximum absolute atomic E-state index is 12.0. The maximum atomic E-state index is 12.0. The molecule has 98 valence electrons. The lowest BCUT2D eigenvalue weighted by atomic mass is 10.1. The van der Waals surface area contributed by atoms with Gasteiger partial charge in [0.1, 0.15) is 0 Å². The van der Waals surface area contributed by atoms with E-state index in [9.17, 15) is 4.79 Å². The summed E-state index contributed by atoms with van der Waals surface area (Å²) in [5, 5.41) is 1.11. The zero-order chi connectivity index (χ0) is 13.7. The number of benzene rings is 1. The number of nitrogens with zero attached hydrogens (tertiary/aromatic N) is 1. The summed E-state index contributed by atoms with van der Waals surface area (Å²) < 4.78 is 0. The highest BCUT2D eigenvalue weighted by atomic mass is 16.1. The van der Waals surface area contributed by atoms with Crippen LogP contribution >= 0.6 is 0 Å². The molecule has 19 heavy (non-hydrogen) atoms. The Morgan fingerprint density at radius 2 is 1.84 bits per heavy atom. The molecule has 0 N–H and O–H groups in total. The highest BCUT2D eigenvalue weighted by Gasteiger charge is 2.04. The van der Waals surface area contributed by atoms with E-state index in [2.05, 4.69) is 18.8 Å². The lowest BCUT2D eigenvalue weighted by Gasteiger charge is -2.02. The Labute approximate surface area is 114 Å². The fourth-order valence-electron chi connectivity index (χ4n) is 2.12. The number of carbonyl (C=O) groups is 1. The fraction of sp³-hybridized carbons (Fsp3) is 0.294. The molecule has 0 spiro atoms. The number of aromatic nitrogens is 1. The van der Waals surface area contributed by atoms with Crippen molar-refractivity contribution in [3.63, 3.8) is 0 Å². The van der Waals surface area contributed by atoms with E-state index >= 15 is 0 Å². The molecule has 2 rings (SSSR count). The molecule has 1 aromatic carbocycles. The zero-order valence-electron chi connectivity index (χ0n) is 11.5. The second-order valence-corrected chi connectivity index (χ2v) is 4.65. The van der Waals surface area contributed by atoms with Crippen LogP contribution in [0.5, 0.6) is 0 Å². The molecular weight excluding hydrogens is 234 g/mol. The molecule has 2 aromatic rings. The van der Waals surface area contributed by atoms with E-state index < -0.39 is 0 Å². The number of fused-ring (bicyclic) bond motifs is 1. The summed E-state index contributed by atoms with van der Waals surface area (Å²) in [5.41, 5.74) is 2.99. The van der Waals surface area contributed by atoms with Crippen LogP contribution < -0.4 is 0 Å². The summed E-state index contributed by atoms with van der Waals surface area (Å²) in [6, 6.07) is 11.9. The third-order valence-electron chi connectivity index (χ3n) is 3.28. The van der Waals surface area contributed by atoms with Crippen LogP contribution in [0.2, 0.25) is 0 Å². The first-order chi connectivity index (χ1) is 9.22. The van der Waals surface area contributed by atoms with Gasteiger partial charge in [0.15, 0.2) is 5.78 Å². The highest BCUT2D eigenvalue weighted by molar-refractivity contribution is 5.92. The van der Waals surface area contributed by atoms with Gasteiger partial charge in [0.2, 0.25) is 0 Å². The fourth-order valence-corrected chi connectivity index (χ4v) is 2.12. The van der Waals surface area contributed by atoms with Crippen molar-refractivity contribution in [2.45, 2.75) is 33.1 Å². The summed E-state index contributed by atoms with van der Waals surface area (Å²) in [5.74, 6) is 0.140. The molecule has 0 radical (unpaired) electrons. The topological polar surface area (TPSA) is 30.0 Å². The van der Waals surface area contributed by atoms with E-state index in [-0.39, 0.29) is 5.78 Å². The van der Waals surface area contributed by atoms with Gasteiger partial charge >= 0.3 is 0 Å². The third-order valence-corrected chi connectivity index (χ3v) is 3.28. The van der Waals surface area contributed by atoms with Gasteiger partial charge in [-0.05, 0) is 31.1 Å². The summed E-state index contributed by atoms with van der Waals surface area (Å²) in [7, 11) is 0. The smallest absolute Gasteiger partial charge is 0.161 e. The van der Waals surface area contributed by atoms with Gasteiger partial charge < -0.3 is 0 Å². The Bertz CT molecular complexity index is 607. The zero-order valence-corrected chi connectivity index (χ0v) is 11.5. The highest BCUT2D eigenvalue weighted by Crippen LogP contribution is 2.13. The number of hydrogen-bond acceptors (Lipinski definition) is 2. The quantitative estimate of drug-likeness (QED) is 0.751. The molecule has 0 aliphatic rings. The first kappa shape index (κ1) is 13.5. The van der Waals surface area contributed by atoms with E-state index in [0.717, 1.165) is 29.4 Å². The first-order valence-electron chi connectivity index (χ1n) is 6.80. The third kappa shape index (κ3) is 3.50. The van der Waals surface area contributed by atoms with Gasteiger partial charge in [-0.15, -0.1) is 0 Å². The Morgan fingerprint density at radius 3 is 2.58 bits per heavy atom. The predicted molar refractivity (Wildman–Crippen MR) is 79.1 cm³/mol. The van der Waals surface area contributed by atoms with Crippen LogP contribution in [0.1, 0.15) is 32.4 Å². The van der Waals surface area contributed by atoms with Crippen molar-refractivity contribution in [1.82, 2.24) is 4.98 Å². The molecule has 0 aliphatic carbocycles. The molecule has 0 bridgehead atoms. The van der Waals surface area contributed by atoms with E-state index in [1.807, 2.05) is 36.4 Å². The molecule has 2 nitrogen and oxygen atoms in total. The number of ketones is 1. The Hall–Kier alpha value is -1.96. The number of para-hydroxylation sites is 1. The van der Waals surface area contributed by atoms with Crippen LogP contribution in [0, 0.1) is 0 Å². The molecule has 0 fully saturated rings. The number of hydrogen-bond donors (Lipinski definition) is 0. The van der Waals surface area contributed by atoms with Gasteiger partial charge in [0, 0.05) is 11.1 Å². The van der Waals surface area contributed by atoms with Crippen LogP contribution in [0.4, 0.5) is 0 Å². The summed E-state index contributed by atoms with van der Waals surface area (Å²) >= 11 is 0. The van der Waals surface area contributed by atoms with Crippen LogP contribution in [0.25, 0.3) is 10.9 Å². The molecule has 0 aliphatic heterocycles. The van der Waals surface area contributed by atoms with Crippen molar-refractivity contribution < 1.29 is 4.79 Å². The lowest BCUT2D eigenvalue weighted by molar-refractivity contribution is -0.114. The molecule has 0 unspecified atom stereocenters. The van der Waals surface area contributed by atoms with Crippen molar-refractivity contribution in [3.05, 3.63) is 53.7 Å². The molecule has 0 atom stereocenters. The molecule has 0 saturated carbocycles. The van der Waals surface area contributed by atoms with Crippen LogP contribution in [-0.2, 0) is 11.2 Å².